The number of pyridine rings is 1. The van der Waals surface area contributed by atoms with Gasteiger partial charge in [-0.3, -0.25) is 18.7 Å². The molecule has 1 N–H and O–H groups in total. The van der Waals surface area contributed by atoms with Crippen LogP contribution in [0.3, 0.4) is 0 Å². The zero-order valence-electron chi connectivity index (χ0n) is 15.2. The Morgan fingerprint density at radius 2 is 1.89 bits per heavy atom. The van der Waals surface area contributed by atoms with Crippen molar-refractivity contribution in [2.75, 3.05) is 5.32 Å². The summed E-state index contributed by atoms with van der Waals surface area (Å²) in [6.45, 7) is 1.66. The molecule has 3 heterocycles. The number of anilines is 1. The Balaban J connectivity index is 1.76. The highest BCUT2D eigenvalue weighted by Crippen LogP contribution is 2.26. The van der Waals surface area contributed by atoms with Crippen molar-refractivity contribution in [3.63, 3.8) is 0 Å². The number of hydrogen-bond acceptors (Lipinski definition) is 5. The maximum absolute atomic E-state index is 13.4. The summed E-state index contributed by atoms with van der Waals surface area (Å²) >= 11 is 0. The van der Waals surface area contributed by atoms with E-state index in [9.17, 15) is 18.8 Å². The number of nitrogens with zero attached hydrogens (tertiary/aromatic N) is 3. The van der Waals surface area contributed by atoms with E-state index in [2.05, 4.69) is 10.3 Å². The fourth-order valence-electron chi connectivity index (χ4n) is 3.13. The van der Waals surface area contributed by atoms with Crippen LogP contribution < -0.4 is 16.6 Å². The monoisotopic (exact) mass is 382 g/mol. The van der Waals surface area contributed by atoms with Crippen molar-refractivity contribution in [3.8, 4) is 0 Å². The lowest BCUT2D eigenvalue weighted by atomic mass is 10.1. The van der Waals surface area contributed by atoms with Crippen LogP contribution in [0.25, 0.3) is 22.0 Å². The van der Waals surface area contributed by atoms with Gasteiger partial charge in [0.2, 0.25) is 0 Å². The van der Waals surface area contributed by atoms with Gasteiger partial charge in [-0.15, -0.1) is 0 Å². The Kier molecular flexibility index (Phi) is 3.88. The summed E-state index contributed by atoms with van der Waals surface area (Å²) in [6, 6.07) is 5.45. The molecule has 0 aliphatic carbocycles. The maximum atomic E-state index is 13.4. The zero-order valence-corrected chi connectivity index (χ0v) is 15.2. The zero-order chi connectivity index (χ0) is 20.2. The van der Waals surface area contributed by atoms with Gasteiger partial charge in [0.15, 0.2) is 5.76 Å². The number of benzene rings is 1. The van der Waals surface area contributed by atoms with Crippen LogP contribution >= 0.6 is 0 Å². The molecule has 0 unspecified atom stereocenters. The first kappa shape index (κ1) is 17.7. The fraction of sp³-hybridized carbons (Fsp3) is 0.158. The van der Waals surface area contributed by atoms with E-state index in [0.717, 1.165) is 4.57 Å². The minimum absolute atomic E-state index is 0.0362. The lowest BCUT2D eigenvalue weighted by Gasteiger charge is -2.08. The van der Waals surface area contributed by atoms with E-state index in [-0.39, 0.29) is 22.5 Å². The number of carbonyl (C=O) groups is 1. The first-order chi connectivity index (χ1) is 13.3. The second-order valence-corrected chi connectivity index (χ2v) is 6.45. The first-order valence-electron chi connectivity index (χ1n) is 8.33. The molecule has 0 saturated heterocycles. The Labute approximate surface area is 156 Å². The normalized spacial score (nSPS) is 11.3. The first-order valence-corrected chi connectivity index (χ1v) is 8.33. The molecular formula is C19H15FN4O4. The molecule has 8 nitrogen and oxygen atoms in total. The summed E-state index contributed by atoms with van der Waals surface area (Å²) in [4.78, 5) is 41.1. The van der Waals surface area contributed by atoms with E-state index >= 15 is 0 Å². The number of halogens is 1. The van der Waals surface area contributed by atoms with Crippen LogP contribution in [0.15, 0.2) is 44.5 Å². The number of aromatic nitrogens is 3. The van der Waals surface area contributed by atoms with Gasteiger partial charge in [-0.05, 0) is 31.2 Å². The van der Waals surface area contributed by atoms with Crippen LogP contribution in [0.2, 0.25) is 0 Å². The molecule has 4 rings (SSSR count). The second kappa shape index (κ2) is 6.15. The van der Waals surface area contributed by atoms with Crippen LogP contribution in [0.1, 0.15) is 16.1 Å². The third kappa shape index (κ3) is 2.59. The smallest absolute Gasteiger partial charge is 0.332 e. The SMILES string of the molecule is Cc1c(C(=O)Nc2cnc3c(c2)c(=O)n(C)c(=O)n3C)oc2ccc(F)cc12. The van der Waals surface area contributed by atoms with Crippen molar-refractivity contribution in [1.29, 1.82) is 0 Å². The Morgan fingerprint density at radius 3 is 2.64 bits per heavy atom. The largest absolute Gasteiger partial charge is 0.451 e. The Morgan fingerprint density at radius 1 is 1.14 bits per heavy atom. The molecule has 0 bridgehead atoms. The third-order valence-electron chi connectivity index (χ3n) is 4.66. The van der Waals surface area contributed by atoms with Crippen LogP contribution in [0, 0.1) is 12.7 Å². The summed E-state index contributed by atoms with van der Waals surface area (Å²) in [5, 5.41) is 3.31. The molecule has 1 aromatic carbocycles. The van der Waals surface area contributed by atoms with E-state index in [0.29, 0.717) is 16.5 Å². The van der Waals surface area contributed by atoms with E-state index in [4.69, 9.17) is 4.42 Å². The molecule has 1 amide bonds. The Bertz CT molecular complexity index is 1400. The van der Waals surface area contributed by atoms with Gasteiger partial charge in [-0.1, -0.05) is 0 Å². The van der Waals surface area contributed by atoms with E-state index in [1.807, 2.05) is 0 Å². The number of hydrogen-bond donors (Lipinski definition) is 1. The predicted octanol–water partition coefficient (Wildman–Crippen LogP) is 2.08. The summed E-state index contributed by atoms with van der Waals surface area (Å²) in [5.41, 5.74) is 0.355. The summed E-state index contributed by atoms with van der Waals surface area (Å²) in [6.07, 6.45) is 1.34. The van der Waals surface area contributed by atoms with Gasteiger partial charge in [0.05, 0.1) is 17.3 Å². The number of amides is 1. The number of aryl methyl sites for hydroxylation is 2. The molecule has 0 aliphatic rings. The van der Waals surface area contributed by atoms with Crippen LogP contribution in [0.5, 0.6) is 0 Å². The molecule has 3 aromatic heterocycles. The molecule has 0 saturated carbocycles. The van der Waals surface area contributed by atoms with Gasteiger partial charge < -0.3 is 9.73 Å². The van der Waals surface area contributed by atoms with Gasteiger partial charge in [0, 0.05) is 25.0 Å². The molecular weight excluding hydrogens is 367 g/mol. The highest BCUT2D eigenvalue weighted by molar-refractivity contribution is 6.06. The molecule has 9 heteroatoms. The lowest BCUT2D eigenvalue weighted by Crippen LogP contribution is -2.37. The number of furan rings is 1. The van der Waals surface area contributed by atoms with Crippen LogP contribution in [0.4, 0.5) is 10.1 Å². The molecule has 0 atom stereocenters. The van der Waals surface area contributed by atoms with Crippen molar-refractivity contribution < 1.29 is 13.6 Å². The van der Waals surface area contributed by atoms with E-state index in [1.165, 1.54) is 49.1 Å². The average Bonchev–Trinajstić information content (AvgIpc) is 3.01. The second-order valence-electron chi connectivity index (χ2n) is 6.45. The molecule has 28 heavy (non-hydrogen) atoms. The number of carbonyl (C=O) groups excluding carboxylic acids is 1. The van der Waals surface area contributed by atoms with Crippen molar-refractivity contribution in [3.05, 3.63) is 68.4 Å². The number of rotatable bonds is 2. The van der Waals surface area contributed by atoms with Gasteiger partial charge in [-0.2, -0.15) is 0 Å². The molecule has 0 spiro atoms. The minimum atomic E-state index is -0.558. The van der Waals surface area contributed by atoms with Crippen molar-refractivity contribution in [1.82, 2.24) is 14.1 Å². The van der Waals surface area contributed by atoms with Crippen molar-refractivity contribution in [2.24, 2.45) is 14.1 Å². The Hall–Kier alpha value is -3.75. The topological polar surface area (TPSA) is 99.1 Å². The number of fused-ring (bicyclic) bond motifs is 2. The van der Waals surface area contributed by atoms with Gasteiger partial charge in [0.1, 0.15) is 17.0 Å². The minimum Gasteiger partial charge on any atom is -0.451 e. The summed E-state index contributed by atoms with van der Waals surface area (Å²) in [5.74, 6) is -0.950. The highest BCUT2D eigenvalue weighted by Gasteiger charge is 2.19. The molecule has 4 aromatic rings. The van der Waals surface area contributed by atoms with E-state index in [1.54, 1.807) is 6.92 Å². The standard InChI is InChI=1S/C19H15FN4O4/c1-9-12-6-10(20)4-5-14(12)28-15(9)17(25)22-11-7-13-16(21-8-11)23(2)19(27)24(3)18(13)26/h4-8H,1-3H3,(H,22,25). The molecule has 0 radical (unpaired) electrons. The van der Waals surface area contributed by atoms with Crippen LogP contribution in [-0.2, 0) is 14.1 Å². The van der Waals surface area contributed by atoms with Gasteiger partial charge in [-0.25, -0.2) is 14.2 Å². The van der Waals surface area contributed by atoms with Crippen LogP contribution in [-0.4, -0.2) is 20.0 Å². The van der Waals surface area contributed by atoms with Gasteiger partial charge in [0.25, 0.3) is 11.5 Å². The summed E-state index contributed by atoms with van der Waals surface area (Å²) < 4.78 is 21.2. The van der Waals surface area contributed by atoms with E-state index < -0.39 is 23.0 Å². The molecule has 0 aliphatic heterocycles. The molecule has 0 fully saturated rings. The van der Waals surface area contributed by atoms with Gasteiger partial charge >= 0.3 is 5.69 Å². The number of nitrogens with one attached hydrogen (secondary N) is 1. The lowest BCUT2D eigenvalue weighted by molar-refractivity contribution is 0.0998. The van der Waals surface area contributed by atoms with Crippen molar-refractivity contribution in [2.45, 2.75) is 6.92 Å². The average molecular weight is 382 g/mol. The fourth-order valence-corrected chi connectivity index (χ4v) is 3.13. The highest BCUT2D eigenvalue weighted by atomic mass is 19.1. The quantitative estimate of drug-likeness (QED) is 0.572. The molecule has 142 valence electrons. The maximum Gasteiger partial charge on any atom is 0.332 e. The predicted molar refractivity (Wildman–Crippen MR) is 101 cm³/mol. The summed E-state index contributed by atoms with van der Waals surface area (Å²) in [7, 11) is 2.87. The third-order valence-corrected chi connectivity index (χ3v) is 4.66. The van der Waals surface area contributed by atoms with Crippen molar-refractivity contribution >= 4 is 33.6 Å².